The second-order valence-electron chi connectivity index (χ2n) is 6.50. The summed E-state index contributed by atoms with van der Waals surface area (Å²) in [7, 11) is -5.76. The lowest BCUT2D eigenvalue weighted by Gasteiger charge is -2.22. The summed E-state index contributed by atoms with van der Waals surface area (Å²) >= 11 is 1.08. The van der Waals surface area contributed by atoms with Crippen LogP contribution in [0.25, 0.3) is 0 Å². The van der Waals surface area contributed by atoms with Crippen molar-refractivity contribution >= 4 is 36.0 Å². The number of thiophene rings is 1. The predicted molar refractivity (Wildman–Crippen MR) is 99.3 cm³/mol. The Balaban J connectivity index is 2.65. The van der Waals surface area contributed by atoms with Crippen molar-refractivity contribution < 1.29 is 21.6 Å². The van der Waals surface area contributed by atoms with Crippen molar-refractivity contribution in [2.75, 3.05) is 18.6 Å². The van der Waals surface area contributed by atoms with Gasteiger partial charge >= 0.3 is 0 Å². The van der Waals surface area contributed by atoms with E-state index in [1.807, 2.05) is 0 Å². The van der Waals surface area contributed by atoms with Gasteiger partial charge in [0.05, 0.1) is 14.8 Å². The molecule has 0 saturated carbocycles. The lowest BCUT2D eigenvalue weighted by atomic mass is 10.2. The average Bonchev–Trinajstić information content (AvgIpc) is 2.93. The molecule has 6 nitrogen and oxygen atoms in total. The summed E-state index contributed by atoms with van der Waals surface area (Å²) in [6, 6.07) is 7.01. The van der Waals surface area contributed by atoms with Gasteiger partial charge in [-0.05, 0) is 51.1 Å². The normalized spacial score (nSPS) is 12.8. The first-order chi connectivity index (χ1) is 11.3. The van der Waals surface area contributed by atoms with Gasteiger partial charge in [-0.1, -0.05) is 0 Å². The maximum atomic E-state index is 12.9. The summed E-state index contributed by atoms with van der Waals surface area (Å²) in [6.45, 7) is 5.40. The fraction of sp³-hybridized carbons (Fsp3) is 0.375. The molecule has 0 fully saturated rings. The lowest BCUT2D eigenvalue weighted by Crippen LogP contribution is -2.23. The quantitative estimate of drug-likeness (QED) is 0.825. The zero-order valence-electron chi connectivity index (χ0n) is 14.7. The molecular weight excluding hydrogens is 382 g/mol. The molecule has 2 aromatic rings. The highest BCUT2D eigenvalue weighted by atomic mass is 32.2. The minimum Gasteiger partial charge on any atom is -0.488 e. The number of hydrogen-bond acceptors (Lipinski definition) is 7. The SMILES string of the molecule is CNc1ccc(S(=O)(=O)c2cc(OC(C)(C)C)cc(S(C)(=O)=O)c2)s1. The van der Waals surface area contributed by atoms with E-state index in [9.17, 15) is 16.8 Å². The molecule has 0 atom stereocenters. The molecule has 1 aromatic carbocycles. The van der Waals surface area contributed by atoms with E-state index < -0.39 is 25.3 Å². The van der Waals surface area contributed by atoms with Crippen molar-refractivity contribution in [3.8, 4) is 5.75 Å². The summed E-state index contributed by atoms with van der Waals surface area (Å²) in [5.41, 5.74) is -0.598. The summed E-state index contributed by atoms with van der Waals surface area (Å²) < 4.78 is 55.5. The van der Waals surface area contributed by atoms with Gasteiger partial charge in [-0.3, -0.25) is 0 Å². The Morgan fingerprint density at radius 3 is 2.08 bits per heavy atom. The van der Waals surface area contributed by atoms with E-state index in [1.165, 1.54) is 24.3 Å². The Morgan fingerprint density at radius 1 is 1.00 bits per heavy atom. The molecule has 0 aliphatic rings. The highest BCUT2D eigenvalue weighted by Gasteiger charge is 2.24. The summed E-state index contributed by atoms with van der Waals surface area (Å²) in [5.74, 6) is 0.194. The first-order valence-electron chi connectivity index (χ1n) is 7.40. The number of nitrogens with one attached hydrogen (secondary N) is 1. The van der Waals surface area contributed by atoms with Gasteiger partial charge in [-0.2, -0.15) is 0 Å². The van der Waals surface area contributed by atoms with Gasteiger partial charge in [-0.15, -0.1) is 11.3 Å². The molecule has 0 amide bonds. The van der Waals surface area contributed by atoms with E-state index in [1.54, 1.807) is 33.9 Å². The highest BCUT2D eigenvalue weighted by Crippen LogP contribution is 2.34. The van der Waals surface area contributed by atoms with Crippen molar-refractivity contribution in [2.24, 2.45) is 0 Å². The van der Waals surface area contributed by atoms with Crippen LogP contribution in [-0.4, -0.2) is 35.7 Å². The topological polar surface area (TPSA) is 89.5 Å². The Kier molecular flexibility index (Phi) is 5.23. The third-order valence-corrected chi connectivity index (χ3v) is 7.53. The van der Waals surface area contributed by atoms with Gasteiger partial charge in [0.25, 0.3) is 0 Å². The third-order valence-electron chi connectivity index (χ3n) is 3.11. The predicted octanol–water partition coefficient (Wildman–Crippen LogP) is 3.20. The van der Waals surface area contributed by atoms with Crippen LogP contribution in [0.3, 0.4) is 0 Å². The molecule has 9 heteroatoms. The van der Waals surface area contributed by atoms with E-state index in [4.69, 9.17) is 4.74 Å². The molecule has 0 saturated heterocycles. The zero-order chi connectivity index (χ0) is 19.0. The van der Waals surface area contributed by atoms with Gasteiger partial charge in [0.1, 0.15) is 15.6 Å². The number of rotatable bonds is 5. The molecular formula is C16H21NO5S3. The second-order valence-corrected chi connectivity index (χ2v) is 11.8. The molecule has 0 aliphatic carbocycles. The van der Waals surface area contributed by atoms with Gasteiger partial charge in [0.15, 0.2) is 9.84 Å². The second kappa shape index (κ2) is 6.62. The van der Waals surface area contributed by atoms with Crippen molar-refractivity contribution in [1.29, 1.82) is 0 Å². The maximum Gasteiger partial charge on any atom is 0.216 e. The van der Waals surface area contributed by atoms with Crippen LogP contribution in [0.1, 0.15) is 20.8 Å². The summed E-state index contributed by atoms with van der Waals surface area (Å²) in [5, 5.41) is 3.58. The maximum absolute atomic E-state index is 12.9. The first-order valence-corrected chi connectivity index (χ1v) is 11.6. The number of hydrogen-bond donors (Lipinski definition) is 1. The van der Waals surface area contributed by atoms with Gasteiger partial charge in [0.2, 0.25) is 9.84 Å². The molecule has 2 rings (SSSR count). The van der Waals surface area contributed by atoms with Crippen LogP contribution in [0.5, 0.6) is 5.75 Å². The van der Waals surface area contributed by atoms with Crippen molar-refractivity contribution in [3.63, 3.8) is 0 Å². The van der Waals surface area contributed by atoms with E-state index in [2.05, 4.69) is 5.32 Å². The number of benzene rings is 1. The molecule has 1 N–H and O–H groups in total. The first kappa shape index (κ1) is 19.7. The number of sulfone groups is 2. The molecule has 0 bridgehead atoms. The molecule has 0 unspecified atom stereocenters. The van der Waals surface area contributed by atoms with Crippen molar-refractivity contribution in [3.05, 3.63) is 30.3 Å². The molecule has 0 spiro atoms. The van der Waals surface area contributed by atoms with E-state index in [0.717, 1.165) is 17.6 Å². The van der Waals surface area contributed by atoms with Gasteiger partial charge in [-0.25, -0.2) is 16.8 Å². The monoisotopic (exact) mass is 403 g/mol. The minimum absolute atomic E-state index is 0.0989. The van der Waals surface area contributed by atoms with Crippen molar-refractivity contribution in [2.45, 2.75) is 40.4 Å². The molecule has 25 heavy (non-hydrogen) atoms. The van der Waals surface area contributed by atoms with E-state index >= 15 is 0 Å². The molecule has 1 heterocycles. The van der Waals surface area contributed by atoms with Crippen LogP contribution in [0, 0.1) is 0 Å². The third kappa shape index (κ3) is 4.74. The molecule has 0 radical (unpaired) electrons. The smallest absolute Gasteiger partial charge is 0.216 e. The highest BCUT2D eigenvalue weighted by molar-refractivity contribution is 7.93. The largest absolute Gasteiger partial charge is 0.488 e. The van der Waals surface area contributed by atoms with E-state index in [0.29, 0.717) is 5.00 Å². The zero-order valence-corrected chi connectivity index (χ0v) is 17.1. The standard InChI is InChI=1S/C16H21NO5S3/c1-16(2,3)22-11-8-12(24(5,18)19)10-13(9-11)25(20,21)15-7-6-14(17-4)23-15/h6-10,17H,1-5H3. The summed E-state index contributed by atoms with van der Waals surface area (Å²) in [6.07, 6.45) is 1.03. The van der Waals surface area contributed by atoms with Gasteiger partial charge in [0, 0.05) is 13.3 Å². The number of anilines is 1. The minimum atomic E-state index is -3.86. The van der Waals surface area contributed by atoms with Crippen LogP contribution < -0.4 is 10.1 Å². The molecule has 1 aromatic heterocycles. The Labute approximate surface area is 152 Å². The Morgan fingerprint density at radius 2 is 1.60 bits per heavy atom. The lowest BCUT2D eigenvalue weighted by molar-refractivity contribution is 0.130. The Hall–Kier alpha value is -1.58. The van der Waals surface area contributed by atoms with Crippen LogP contribution in [-0.2, 0) is 19.7 Å². The van der Waals surface area contributed by atoms with Crippen LogP contribution in [0.4, 0.5) is 5.00 Å². The number of ether oxygens (including phenoxy) is 1. The Bertz CT molecular complexity index is 983. The van der Waals surface area contributed by atoms with Crippen LogP contribution in [0.2, 0.25) is 0 Å². The summed E-state index contributed by atoms with van der Waals surface area (Å²) in [4.78, 5) is -0.211. The molecule has 0 aliphatic heterocycles. The van der Waals surface area contributed by atoms with Crippen LogP contribution >= 0.6 is 11.3 Å². The fourth-order valence-corrected chi connectivity index (χ4v) is 5.41. The fourth-order valence-electron chi connectivity index (χ4n) is 2.04. The van der Waals surface area contributed by atoms with Crippen LogP contribution in [0.15, 0.2) is 44.3 Å². The van der Waals surface area contributed by atoms with Crippen molar-refractivity contribution in [1.82, 2.24) is 0 Å². The average molecular weight is 404 g/mol. The molecule has 138 valence electrons. The van der Waals surface area contributed by atoms with E-state index in [-0.39, 0.29) is 19.7 Å². The van der Waals surface area contributed by atoms with Gasteiger partial charge < -0.3 is 10.1 Å².